The van der Waals surface area contributed by atoms with Gasteiger partial charge < -0.3 is 10.6 Å². The summed E-state index contributed by atoms with van der Waals surface area (Å²) in [6.07, 6.45) is 9.14. The molecule has 1 atom stereocenters. The van der Waals surface area contributed by atoms with Gasteiger partial charge in [-0.3, -0.25) is 4.79 Å². The van der Waals surface area contributed by atoms with Crippen molar-refractivity contribution < 1.29 is 4.79 Å². The Kier molecular flexibility index (Phi) is 7.33. The Labute approximate surface area is 112 Å². The van der Waals surface area contributed by atoms with E-state index in [1.165, 1.54) is 32.1 Å². The summed E-state index contributed by atoms with van der Waals surface area (Å²) in [6.45, 7) is 3.92. The monoisotopic (exact) mass is 254 g/mol. The quantitative estimate of drug-likeness (QED) is 0.687. The van der Waals surface area contributed by atoms with Crippen LogP contribution >= 0.6 is 0 Å². The molecule has 106 valence electrons. The minimum atomic E-state index is 0.319. The lowest BCUT2D eigenvalue weighted by Gasteiger charge is -2.30. The van der Waals surface area contributed by atoms with E-state index in [0.29, 0.717) is 18.2 Å². The summed E-state index contributed by atoms with van der Waals surface area (Å²) in [7, 11) is 1.96. The van der Waals surface area contributed by atoms with Crippen LogP contribution in [0, 0.1) is 11.8 Å². The number of hydrogen-bond acceptors (Lipinski definition) is 2. The minimum absolute atomic E-state index is 0.319. The van der Waals surface area contributed by atoms with E-state index in [9.17, 15) is 4.79 Å². The zero-order valence-corrected chi connectivity index (χ0v) is 12.2. The number of nitrogens with zero attached hydrogens (tertiary/aromatic N) is 1. The summed E-state index contributed by atoms with van der Waals surface area (Å²) in [4.78, 5) is 14.0. The number of rotatable bonds is 9. The van der Waals surface area contributed by atoms with Crippen LogP contribution in [0.4, 0.5) is 0 Å². The largest absolute Gasteiger partial charge is 0.345 e. The van der Waals surface area contributed by atoms with Gasteiger partial charge in [0.15, 0.2) is 0 Å². The first-order valence-electron chi connectivity index (χ1n) is 7.61. The zero-order valence-electron chi connectivity index (χ0n) is 12.2. The molecule has 0 spiro atoms. The Hall–Kier alpha value is -0.570. The average Bonchev–Trinajstić information content (AvgIpc) is 2.30. The van der Waals surface area contributed by atoms with Gasteiger partial charge in [0.05, 0.1) is 0 Å². The van der Waals surface area contributed by atoms with E-state index in [4.69, 9.17) is 5.73 Å². The van der Waals surface area contributed by atoms with Gasteiger partial charge in [0.25, 0.3) is 0 Å². The molecular formula is C15H30N2O. The van der Waals surface area contributed by atoms with E-state index in [1.54, 1.807) is 0 Å². The van der Waals surface area contributed by atoms with E-state index in [1.807, 2.05) is 11.9 Å². The topological polar surface area (TPSA) is 46.3 Å². The Morgan fingerprint density at radius 1 is 1.33 bits per heavy atom. The second-order valence-corrected chi connectivity index (χ2v) is 5.84. The van der Waals surface area contributed by atoms with Crippen molar-refractivity contribution in [2.24, 2.45) is 17.6 Å². The molecule has 0 aromatic heterocycles. The summed E-state index contributed by atoms with van der Waals surface area (Å²) in [5.74, 6) is 1.73. The van der Waals surface area contributed by atoms with Gasteiger partial charge in [-0.15, -0.1) is 0 Å². The van der Waals surface area contributed by atoms with Gasteiger partial charge in [-0.05, 0) is 44.1 Å². The van der Waals surface area contributed by atoms with Gasteiger partial charge in [0, 0.05) is 20.0 Å². The molecule has 0 saturated heterocycles. The van der Waals surface area contributed by atoms with Crippen LogP contribution in [0.25, 0.3) is 0 Å². The first-order valence-corrected chi connectivity index (χ1v) is 7.61. The van der Waals surface area contributed by atoms with E-state index < -0.39 is 0 Å². The molecule has 1 amide bonds. The molecule has 0 bridgehead atoms. The number of amides is 1. The van der Waals surface area contributed by atoms with E-state index in [2.05, 4.69) is 6.92 Å². The van der Waals surface area contributed by atoms with Crippen molar-refractivity contribution in [2.45, 2.75) is 58.3 Å². The van der Waals surface area contributed by atoms with Crippen molar-refractivity contribution in [3.8, 4) is 0 Å². The SMILES string of the molecule is CCCC(CCN)CCC(=O)N(C)CC1CCC1. The van der Waals surface area contributed by atoms with Crippen LogP contribution in [0.3, 0.4) is 0 Å². The van der Waals surface area contributed by atoms with Gasteiger partial charge in [-0.25, -0.2) is 0 Å². The van der Waals surface area contributed by atoms with Crippen LogP contribution in [0.2, 0.25) is 0 Å². The number of carbonyl (C=O) groups excluding carboxylic acids is 1. The fourth-order valence-electron chi connectivity index (χ4n) is 2.76. The molecular weight excluding hydrogens is 224 g/mol. The van der Waals surface area contributed by atoms with E-state index in [-0.39, 0.29) is 0 Å². The third kappa shape index (κ3) is 5.38. The van der Waals surface area contributed by atoms with Gasteiger partial charge in [0.1, 0.15) is 0 Å². The molecule has 1 fully saturated rings. The molecule has 3 heteroatoms. The van der Waals surface area contributed by atoms with Gasteiger partial charge in [0.2, 0.25) is 5.91 Å². The van der Waals surface area contributed by atoms with Crippen molar-refractivity contribution in [3.63, 3.8) is 0 Å². The Morgan fingerprint density at radius 3 is 2.56 bits per heavy atom. The van der Waals surface area contributed by atoms with Crippen molar-refractivity contribution in [3.05, 3.63) is 0 Å². The zero-order chi connectivity index (χ0) is 13.4. The predicted octanol–water partition coefficient (Wildman–Crippen LogP) is 2.79. The fraction of sp³-hybridized carbons (Fsp3) is 0.933. The molecule has 18 heavy (non-hydrogen) atoms. The average molecular weight is 254 g/mol. The number of hydrogen-bond donors (Lipinski definition) is 1. The highest BCUT2D eigenvalue weighted by atomic mass is 16.2. The Bertz CT molecular complexity index is 233. The first-order chi connectivity index (χ1) is 8.67. The number of carbonyl (C=O) groups is 1. The lowest BCUT2D eigenvalue weighted by atomic mass is 9.85. The van der Waals surface area contributed by atoms with Crippen LogP contribution in [0.5, 0.6) is 0 Å². The molecule has 1 unspecified atom stereocenters. The normalized spacial score (nSPS) is 17.3. The molecule has 0 radical (unpaired) electrons. The third-order valence-corrected chi connectivity index (χ3v) is 4.22. The molecule has 1 saturated carbocycles. The maximum Gasteiger partial charge on any atom is 0.222 e. The minimum Gasteiger partial charge on any atom is -0.345 e. The van der Waals surface area contributed by atoms with E-state index >= 15 is 0 Å². The lowest BCUT2D eigenvalue weighted by molar-refractivity contribution is -0.131. The van der Waals surface area contributed by atoms with Crippen molar-refractivity contribution >= 4 is 5.91 Å². The van der Waals surface area contributed by atoms with Gasteiger partial charge in [-0.1, -0.05) is 26.2 Å². The molecule has 1 aliphatic carbocycles. The predicted molar refractivity (Wildman–Crippen MR) is 76.3 cm³/mol. The molecule has 3 nitrogen and oxygen atoms in total. The van der Waals surface area contributed by atoms with Crippen LogP contribution in [0.1, 0.15) is 58.3 Å². The van der Waals surface area contributed by atoms with Crippen molar-refractivity contribution in [2.75, 3.05) is 20.1 Å². The highest BCUT2D eigenvalue weighted by Gasteiger charge is 2.21. The molecule has 1 aliphatic rings. The van der Waals surface area contributed by atoms with Crippen LogP contribution < -0.4 is 5.73 Å². The van der Waals surface area contributed by atoms with Crippen LogP contribution in [-0.2, 0) is 4.79 Å². The maximum atomic E-state index is 12.0. The second kappa shape index (κ2) is 8.52. The number of nitrogens with two attached hydrogens (primary N) is 1. The summed E-state index contributed by atoms with van der Waals surface area (Å²) in [6, 6.07) is 0. The van der Waals surface area contributed by atoms with Gasteiger partial charge in [-0.2, -0.15) is 0 Å². The van der Waals surface area contributed by atoms with Crippen LogP contribution in [0.15, 0.2) is 0 Å². The summed E-state index contributed by atoms with van der Waals surface area (Å²) in [5.41, 5.74) is 5.62. The standard InChI is InChI=1S/C15H30N2O/c1-3-5-13(10-11-16)8-9-15(18)17(2)12-14-6-4-7-14/h13-14H,3-12,16H2,1-2H3. The van der Waals surface area contributed by atoms with E-state index in [0.717, 1.165) is 31.8 Å². The Balaban J connectivity index is 2.20. The maximum absolute atomic E-state index is 12.0. The molecule has 1 rings (SSSR count). The second-order valence-electron chi connectivity index (χ2n) is 5.84. The van der Waals surface area contributed by atoms with Gasteiger partial charge >= 0.3 is 0 Å². The molecule has 0 aromatic rings. The highest BCUT2D eigenvalue weighted by Crippen LogP contribution is 2.27. The third-order valence-electron chi connectivity index (χ3n) is 4.22. The van der Waals surface area contributed by atoms with Crippen molar-refractivity contribution in [1.82, 2.24) is 4.90 Å². The highest BCUT2D eigenvalue weighted by molar-refractivity contribution is 5.75. The van der Waals surface area contributed by atoms with Crippen LogP contribution in [-0.4, -0.2) is 30.9 Å². The molecule has 2 N–H and O–H groups in total. The summed E-state index contributed by atoms with van der Waals surface area (Å²) in [5, 5.41) is 0. The summed E-state index contributed by atoms with van der Waals surface area (Å²) < 4.78 is 0. The molecule has 0 aliphatic heterocycles. The lowest BCUT2D eigenvalue weighted by Crippen LogP contribution is -2.34. The Morgan fingerprint density at radius 2 is 2.06 bits per heavy atom. The molecule has 0 aromatic carbocycles. The first kappa shape index (κ1) is 15.5. The van der Waals surface area contributed by atoms with Crippen molar-refractivity contribution in [1.29, 1.82) is 0 Å². The fourth-order valence-corrected chi connectivity index (χ4v) is 2.76. The summed E-state index contributed by atoms with van der Waals surface area (Å²) >= 11 is 0. The molecule has 0 heterocycles. The smallest absolute Gasteiger partial charge is 0.222 e.